The van der Waals surface area contributed by atoms with Crippen LogP contribution in [0.25, 0.3) is 11.0 Å². The second-order valence-corrected chi connectivity index (χ2v) is 6.66. The molecule has 0 saturated heterocycles. The molecule has 0 atom stereocenters. The van der Waals surface area contributed by atoms with E-state index in [2.05, 4.69) is 40.8 Å². The van der Waals surface area contributed by atoms with E-state index in [1.807, 2.05) is 12.4 Å². The number of nitrogens with zero attached hydrogens (tertiary/aromatic N) is 2. The molecule has 1 heterocycles. The summed E-state index contributed by atoms with van der Waals surface area (Å²) in [4.78, 5) is 4.50. The normalized spacial score (nSPS) is 10.8. The summed E-state index contributed by atoms with van der Waals surface area (Å²) in [5.74, 6) is -0.110. The van der Waals surface area contributed by atoms with Gasteiger partial charge in [-0.25, -0.2) is 4.98 Å². The summed E-state index contributed by atoms with van der Waals surface area (Å²) in [5, 5.41) is 21.1. The van der Waals surface area contributed by atoms with Gasteiger partial charge in [0.1, 0.15) is 0 Å². The molecule has 3 aromatic rings. The first-order valence-corrected chi connectivity index (χ1v) is 8.79. The SMILES string of the molecule is Cc1cc2ncn(CCC[NH2+]CCc3ccc(O)c(O)c3)c2cc1C.[Cl-]. The molecule has 0 saturated carbocycles. The molecule has 4 N–H and O–H groups in total. The molecule has 0 unspecified atom stereocenters. The van der Waals surface area contributed by atoms with Crippen LogP contribution in [-0.4, -0.2) is 32.9 Å². The Morgan fingerprint density at radius 2 is 1.77 bits per heavy atom. The molecule has 0 bridgehead atoms. The van der Waals surface area contributed by atoms with Gasteiger partial charge in [0.2, 0.25) is 0 Å². The van der Waals surface area contributed by atoms with E-state index < -0.39 is 0 Å². The zero-order valence-corrected chi connectivity index (χ0v) is 16.0. The third kappa shape index (κ3) is 4.68. The van der Waals surface area contributed by atoms with Crippen molar-refractivity contribution in [1.29, 1.82) is 0 Å². The monoisotopic (exact) mass is 375 g/mol. The molecule has 0 fully saturated rings. The van der Waals surface area contributed by atoms with Crippen molar-refractivity contribution in [3.8, 4) is 11.5 Å². The number of nitrogens with two attached hydrogens (primary N) is 1. The molecular weight excluding hydrogens is 350 g/mol. The fraction of sp³-hybridized carbons (Fsp3) is 0.350. The Morgan fingerprint density at radius 3 is 2.54 bits per heavy atom. The summed E-state index contributed by atoms with van der Waals surface area (Å²) in [6.45, 7) is 7.24. The van der Waals surface area contributed by atoms with Crippen LogP contribution in [0.4, 0.5) is 0 Å². The highest BCUT2D eigenvalue weighted by Gasteiger charge is 2.05. The number of aromatic hydroxyl groups is 2. The van der Waals surface area contributed by atoms with Crippen LogP contribution in [0.15, 0.2) is 36.7 Å². The smallest absolute Gasteiger partial charge is 0.157 e. The van der Waals surface area contributed by atoms with E-state index in [4.69, 9.17) is 0 Å². The summed E-state index contributed by atoms with van der Waals surface area (Å²) in [5.41, 5.74) is 5.91. The predicted molar refractivity (Wildman–Crippen MR) is 99.0 cm³/mol. The van der Waals surface area contributed by atoms with Gasteiger partial charge in [0.15, 0.2) is 11.5 Å². The van der Waals surface area contributed by atoms with Gasteiger partial charge < -0.3 is 32.5 Å². The van der Waals surface area contributed by atoms with E-state index in [-0.39, 0.29) is 23.9 Å². The number of imidazole rings is 1. The van der Waals surface area contributed by atoms with Crippen molar-refractivity contribution in [2.75, 3.05) is 13.1 Å². The summed E-state index contributed by atoms with van der Waals surface area (Å²) in [6.07, 6.45) is 3.89. The Morgan fingerprint density at radius 1 is 1.00 bits per heavy atom. The van der Waals surface area contributed by atoms with Crippen LogP contribution in [-0.2, 0) is 13.0 Å². The van der Waals surface area contributed by atoms with Crippen molar-refractivity contribution >= 4 is 11.0 Å². The molecule has 26 heavy (non-hydrogen) atoms. The summed E-state index contributed by atoms with van der Waals surface area (Å²) < 4.78 is 2.23. The number of hydrogen-bond donors (Lipinski definition) is 3. The third-order valence-electron chi connectivity index (χ3n) is 4.72. The fourth-order valence-corrected chi connectivity index (χ4v) is 3.03. The van der Waals surface area contributed by atoms with Crippen molar-refractivity contribution in [3.05, 3.63) is 53.3 Å². The Bertz CT molecular complexity index is 877. The number of quaternary nitrogens is 1. The van der Waals surface area contributed by atoms with Gasteiger partial charge in [-0.3, -0.25) is 0 Å². The molecule has 0 aliphatic carbocycles. The molecule has 1 aromatic heterocycles. The van der Waals surface area contributed by atoms with E-state index in [9.17, 15) is 10.2 Å². The number of rotatable bonds is 7. The Labute approximate surface area is 160 Å². The minimum atomic E-state index is -0.0641. The topological polar surface area (TPSA) is 74.9 Å². The average Bonchev–Trinajstić information content (AvgIpc) is 2.96. The molecule has 2 aromatic carbocycles. The minimum Gasteiger partial charge on any atom is -1.00 e. The van der Waals surface area contributed by atoms with E-state index in [0.717, 1.165) is 43.6 Å². The fourth-order valence-electron chi connectivity index (χ4n) is 3.03. The van der Waals surface area contributed by atoms with Crippen molar-refractivity contribution in [2.24, 2.45) is 0 Å². The van der Waals surface area contributed by atoms with Gasteiger partial charge in [0.25, 0.3) is 0 Å². The van der Waals surface area contributed by atoms with E-state index in [0.29, 0.717) is 0 Å². The van der Waals surface area contributed by atoms with Gasteiger partial charge in [-0.15, -0.1) is 0 Å². The number of aryl methyl sites for hydroxylation is 3. The molecular formula is C20H26ClN3O2. The quantitative estimate of drug-likeness (QED) is 0.376. The zero-order valence-electron chi connectivity index (χ0n) is 15.2. The molecule has 140 valence electrons. The van der Waals surface area contributed by atoms with Crippen LogP contribution in [0.2, 0.25) is 0 Å². The number of benzene rings is 2. The van der Waals surface area contributed by atoms with Crippen LogP contribution in [0.1, 0.15) is 23.1 Å². The lowest BCUT2D eigenvalue weighted by Crippen LogP contribution is -3.00. The molecule has 3 rings (SSSR count). The highest BCUT2D eigenvalue weighted by molar-refractivity contribution is 5.77. The third-order valence-corrected chi connectivity index (χ3v) is 4.72. The highest BCUT2D eigenvalue weighted by atomic mass is 35.5. The van der Waals surface area contributed by atoms with Crippen LogP contribution < -0.4 is 17.7 Å². The first-order chi connectivity index (χ1) is 12.0. The zero-order chi connectivity index (χ0) is 17.8. The molecule has 0 radical (unpaired) electrons. The first kappa shape index (κ1) is 20.1. The molecule has 0 amide bonds. The summed E-state index contributed by atoms with van der Waals surface area (Å²) >= 11 is 0. The van der Waals surface area contributed by atoms with Crippen LogP contribution >= 0.6 is 0 Å². The van der Waals surface area contributed by atoms with Crippen molar-refractivity contribution in [1.82, 2.24) is 9.55 Å². The van der Waals surface area contributed by atoms with Gasteiger partial charge in [0, 0.05) is 19.4 Å². The summed E-state index contributed by atoms with van der Waals surface area (Å²) in [7, 11) is 0. The highest BCUT2D eigenvalue weighted by Crippen LogP contribution is 2.24. The lowest BCUT2D eigenvalue weighted by atomic mass is 10.1. The van der Waals surface area contributed by atoms with Gasteiger partial charge in [0.05, 0.1) is 30.5 Å². The average molecular weight is 376 g/mol. The minimum absolute atomic E-state index is 0. The van der Waals surface area contributed by atoms with Crippen LogP contribution in [0, 0.1) is 13.8 Å². The number of halogens is 1. The second kappa shape index (κ2) is 8.92. The maximum atomic E-state index is 9.50. The van der Waals surface area contributed by atoms with E-state index >= 15 is 0 Å². The van der Waals surface area contributed by atoms with Crippen molar-refractivity contribution < 1.29 is 27.9 Å². The molecule has 0 aliphatic heterocycles. The van der Waals surface area contributed by atoms with Gasteiger partial charge in [-0.2, -0.15) is 0 Å². The number of fused-ring (bicyclic) bond motifs is 1. The maximum Gasteiger partial charge on any atom is 0.157 e. The van der Waals surface area contributed by atoms with E-state index in [1.165, 1.54) is 16.6 Å². The predicted octanol–water partition coefficient (Wildman–Crippen LogP) is -0.735. The molecule has 5 nitrogen and oxygen atoms in total. The van der Waals surface area contributed by atoms with Crippen molar-refractivity contribution in [3.63, 3.8) is 0 Å². The largest absolute Gasteiger partial charge is 1.00 e. The van der Waals surface area contributed by atoms with Crippen molar-refractivity contribution in [2.45, 2.75) is 33.2 Å². The first-order valence-electron chi connectivity index (χ1n) is 8.79. The number of hydrogen-bond acceptors (Lipinski definition) is 3. The van der Waals surface area contributed by atoms with Gasteiger partial charge >= 0.3 is 0 Å². The molecule has 0 spiro atoms. The summed E-state index contributed by atoms with van der Waals surface area (Å²) in [6, 6.07) is 9.40. The lowest BCUT2D eigenvalue weighted by Gasteiger charge is -2.06. The molecule has 6 heteroatoms. The second-order valence-electron chi connectivity index (χ2n) is 6.66. The lowest BCUT2D eigenvalue weighted by molar-refractivity contribution is -0.654. The number of phenols is 2. The van der Waals surface area contributed by atoms with Crippen LogP contribution in [0.5, 0.6) is 11.5 Å². The van der Waals surface area contributed by atoms with Gasteiger partial charge in [-0.1, -0.05) is 6.07 Å². The van der Waals surface area contributed by atoms with Crippen LogP contribution in [0.3, 0.4) is 0 Å². The maximum absolute atomic E-state index is 9.50. The number of phenolic OH excluding ortho intramolecular Hbond substituents is 2. The Hall–Kier alpha value is -2.24. The van der Waals surface area contributed by atoms with Gasteiger partial charge in [-0.05, 0) is 54.8 Å². The Balaban J connectivity index is 0.00000243. The number of aromatic nitrogens is 2. The molecule has 0 aliphatic rings. The van der Waals surface area contributed by atoms with E-state index in [1.54, 1.807) is 12.1 Å². The Kier molecular flexibility index (Phi) is 6.89. The standard InChI is InChI=1S/C20H25N3O2.ClH/c1-14-10-17-18(11-15(14)2)23(13-22-17)9-3-7-21-8-6-16-4-5-19(24)20(25)12-16;/h4-5,10-13,21,24-25H,3,6-9H2,1-2H3;1H.